The molecule has 136 valence electrons. The predicted octanol–water partition coefficient (Wildman–Crippen LogP) is 3.58. The number of rotatable bonds is 5. The fraction of sp³-hybridized carbons (Fsp3) is 0.150. The molecule has 2 N–H and O–H groups in total. The Hall–Kier alpha value is -2.96. The summed E-state index contributed by atoms with van der Waals surface area (Å²) in [5.74, 6) is 0.886. The summed E-state index contributed by atoms with van der Waals surface area (Å²) in [5, 5.41) is 1.69. The van der Waals surface area contributed by atoms with Crippen LogP contribution in [0.15, 0.2) is 67.5 Å². The Balaban J connectivity index is 1.47. The Morgan fingerprint density at radius 2 is 2.04 bits per heavy atom. The summed E-state index contributed by atoms with van der Waals surface area (Å²) >= 11 is 6.05. The maximum Gasteiger partial charge on any atom is 0.250 e. The van der Waals surface area contributed by atoms with Gasteiger partial charge in [0.2, 0.25) is 12.1 Å². The van der Waals surface area contributed by atoms with Gasteiger partial charge in [-0.3, -0.25) is 4.98 Å². The Kier molecular flexibility index (Phi) is 4.75. The van der Waals surface area contributed by atoms with Crippen molar-refractivity contribution in [1.29, 1.82) is 0 Å². The molecule has 4 aromatic rings. The second kappa shape index (κ2) is 7.34. The van der Waals surface area contributed by atoms with Gasteiger partial charge in [0.25, 0.3) is 0 Å². The maximum atomic E-state index is 6.05. The van der Waals surface area contributed by atoms with E-state index in [4.69, 9.17) is 11.6 Å². The lowest BCUT2D eigenvalue weighted by Crippen LogP contribution is -2.25. The van der Waals surface area contributed by atoms with E-state index < -0.39 is 0 Å². The van der Waals surface area contributed by atoms with Crippen LogP contribution in [0.25, 0.3) is 16.7 Å². The number of pyridine rings is 2. The topological polar surface area (TPSA) is 58.7 Å². The van der Waals surface area contributed by atoms with Crippen LogP contribution in [0.3, 0.4) is 0 Å². The number of benzene rings is 1. The van der Waals surface area contributed by atoms with Gasteiger partial charge in [0, 0.05) is 34.9 Å². The smallest absolute Gasteiger partial charge is 0.250 e. The van der Waals surface area contributed by atoms with Crippen LogP contribution in [0.5, 0.6) is 0 Å². The summed E-state index contributed by atoms with van der Waals surface area (Å²) in [6, 6.07) is 11.8. The first kappa shape index (κ1) is 17.5. The second-order valence-corrected chi connectivity index (χ2v) is 6.88. The predicted molar refractivity (Wildman–Crippen MR) is 107 cm³/mol. The molecule has 3 aromatic heterocycles. The van der Waals surface area contributed by atoms with Gasteiger partial charge in [0.05, 0.1) is 18.3 Å². The van der Waals surface area contributed by atoms with Crippen LogP contribution in [0.4, 0.5) is 5.69 Å². The zero-order valence-electron chi connectivity index (χ0n) is 15.1. The standard InChI is InChI=1S/C20H20ClN6/c1-14(15-3-6-20(23-12-15)27-10-9-26(2)13-27)24-25-18-7-8-22-19-11-16(21)4-5-17(18)19/h3-14,24H,1-2H3,(H,22,25)/q+1. The summed E-state index contributed by atoms with van der Waals surface area (Å²) in [5.41, 5.74) is 9.50. The molecule has 0 aliphatic heterocycles. The number of fused-ring (bicyclic) bond motifs is 1. The first-order valence-electron chi connectivity index (χ1n) is 8.65. The van der Waals surface area contributed by atoms with Crippen molar-refractivity contribution < 1.29 is 4.57 Å². The molecule has 0 saturated heterocycles. The number of aryl methyl sites for hydroxylation is 1. The van der Waals surface area contributed by atoms with E-state index in [0.29, 0.717) is 5.02 Å². The molecule has 0 spiro atoms. The van der Waals surface area contributed by atoms with E-state index in [0.717, 1.165) is 28.0 Å². The van der Waals surface area contributed by atoms with E-state index in [2.05, 4.69) is 33.8 Å². The molecule has 1 aromatic carbocycles. The number of imidazole rings is 1. The van der Waals surface area contributed by atoms with Gasteiger partial charge in [0.1, 0.15) is 12.4 Å². The maximum absolute atomic E-state index is 6.05. The fourth-order valence-electron chi connectivity index (χ4n) is 2.89. The highest BCUT2D eigenvalue weighted by molar-refractivity contribution is 6.31. The van der Waals surface area contributed by atoms with Crippen LogP contribution in [0.1, 0.15) is 18.5 Å². The highest BCUT2D eigenvalue weighted by atomic mass is 35.5. The highest BCUT2D eigenvalue weighted by Crippen LogP contribution is 2.24. The van der Waals surface area contributed by atoms with Crippen LogP contribution in [0, 0.1) is 0 Å². The molecule has 0 bridgehead atoms. The quantitative estimate of drug-likeness (QED) is 0.411. The van der Waals surface area contributed by atoms with E-state index in [1.807, 2.05) is 71.4 Å². The Bertz CT molecular complexity index is 1070. The van der Waals surface area contributed by atoms with Crippen molar-refractivity contribution in [2.24, 2.45) is 7.05 Å². The molecule has 6 nitrogen and oxygen atoms in total. The number of nitrogens with one attached hydrogen (secondary N) is 2. The van der Waals surface area contributed by atoms with Gasteiger partial charge >= 0.3 is 0 Å². The summed E-state index contributed by atoms with van der Waals surface area (Å²) in [6.07, 6.45) is 9.59. The lowest BCUT2D eigenvalue weighted by Gasteiger charge is -2.17. The molecule has 4 rings (SSSR count). The largest absolute Gasteiger partial charge is 0.320 e. The number of aromatic nitrogens is 4. The second-order valence-electron chi connectivity index (χ2n) is 6.45. The summed E-state index contributed by atoms with van der Waals surface area (Å²) in [4.78, 5) is 8.92. The molecular weight excluding hydrogens is 360 g/mol. The molecule has 0 aliphatic carbocycles. The van der Waals surface area contributed by atoms with Gasteiger partial charge in [-0.15, -0.1) is 0 Å². The van der Waals surface area contributed by atoms with Crippen molar-refractivity contribution in [2.75, 3.05) is 5.43 Å². The zero-order valence-corrected chi connectivity index (χ0v) is 15.9. The molecule has 0 amide bonds. The molecule has 7 heteroatoms. The Morgan fingerprint density at radius 3 is 2.78 bits per heavy atom. The lowest BCUT2D eigenvalue weighted by molar-refractivity contribution is -0.670. The number of halogens is 1. The van der Waals surface area contributed by atoms with Crippen molar-refractivity contribution >= 4 is 28.2 Å². The van der Waals surface area contributed by atoms with E-state index in [9.17, 15) is 0 Å². The number of nitrogens with zero attached hydrogens (tertiary/aromatic N) is 4. The minimum atomic E-state index is 0.0721. The first-order chi connectivity index (χ1) is 13.1. The molecule has 0 saturated carbocycles. The first-order valence-corrected chi connectivity index (χ1v) is 9.03. The van der Waals surface area contributed by atoms with Gasteiger partial charge < -0.3 is 5.43 Å². The third-order valence-electron chi connectivity index (χ3n) is 4.43. The monoisotopic (exact) mass is 379 g/mol. The van der Waals surface area contributed by atoms with Crippen molar-refractivity contribution in [2.45, 2.75) is 13.0 Å². The van der Waals surface area contributed by atoms with E-state index in [1.165, 1.54) is 0 Å². The number of hydrazine groups is 1. The minimum Gasteiger partial charge on any atom is -0.320 e. The average Bonchev–Trinajstić information content (AvgIpc) is 3.12. The van der Waals surface area contributed by atoms with Crippen molar-refractivity contribution in [3.63, 3.8) is 0 Å². The molecular formula is C20H20ClN6+. The van der Waals surface area contributed by atoms with Gasteiger partial charge in [-0.2, -0.15) is 4.57 Å². The number of hydrogen-bond acceptors (Lipinski definition) is 4. The molecule has 1 atom stereocenters. The third-order valence-corrected chi connectivity index (χ3v) is 4.67. The normalized spacial score (nSPS) is 12.3. The summed E-state index contributed by atoms with van der Waals surface area (Å²) in [7, 11) is 1.99. The molecule has 27 heavy (non-hydrogen) atoms. The SMILES string of the molecule is CC(NNc1ccnc2cc(Cl)ccc12)c1ccc(-n2cc[n+](C)c2)nc1. The third kappa shape index (κ3) is 3.77. The van der Waals surface area contributed by atoms with Crippen LogP contribution in [-0.4, -0.2) is 14.5 Å². The van der Waals surface area contributed by atoms with Gasteiger partial charge in [-0.1, -0.05) is 11.6 Å². The van der Waals surface area contributed by atoms with Gasteiger partial charge in [-0.25, -0.2) is 15.0 Å². The lowest BCUT2D eigenvalue weighted by atomic mass is 10.1. The molecule has 3 heterocycles. The van der Waals surface area contributed by atoms with Crippen LogP contribution >= 0.6 is 11.6 Å². The molecule has 0 aliphatic rings. The number of hydrogen-bond donors (Lipinski definition) is 2. The van der Waals surface area contributed by atoms with E-state index in [1.54, 1.807) is 6.20 Å². The van der Waals surface area contributed by atoms with Crippen LogP contribution < -0.4 is 15.4 Å². The number of anilines is 1. The van der Waals surface area contributed by atoms with Crippen molar-refractivity contribution in [3.8, 4) is 5.82 Å². The fourth-order valence-corrected chi connectivity index (χ4v) is 3.06. The summed E-state index contributed by atoms with van der Waals surface area (Å²) < 4.78 is 3.96. The van der Waals surface area contributed by atoms with Gasteiger partial charge in [-0.05, 0) is 42.8 Å². The minimum absolute atomic E-state index is 0.0721. The van der Waals surface area contributed by atoms with E-state index in [-0.39, 0.29) is 6.04 Å². The Morgan fingerprint density at radius 1 is 1.15 bits per heavy atom. The zero-order chi connectivity index (χ0) is 18.8. The molecule has 0 radical (unpaired) electrons. The van der Waals surface area contributed by atoms with Crippen molar-refractivity contribution in [1.82, 2.24) is 20.0 Å². The van der Waals surface area contributed by atoms with Gasteiger partial charge in [0.15, 0.2) is 0 Å². The van der Waals surface area contributed by atoms with Crippen LogP contribution in [0.2, 0.25) is 5.02 Å². The summed E-state index contributed by atoms with van der Waals surface area (Å²) in [6.45, 7) is 2.08. The molecule has 1 unspecified atom stereocenters. The Labute approximate surface area is 162 Å². The molecule has 0 fully saturated rings. The average molecular weight is 380 g/mol. The van der Waals surface area contributed by atoms with Crippen molar-refractivity contribution in [3.05, 3.63) is 78.1 Å². The highest BCUT2D eigenvalue weighted by Gasteiger charge is 2.10. The van der Waals surface area contributed by atoms with E-state index >= 15 is 0 Å². The van der Waals surface area contributed by atoms with Crippen LogP contribution in [-0.2, 0) is 7.05 Å².